The Morgan fingerprint density at radius 1 is 1.43 bits per heavy atom. The minimum absolute atomic E-state index is 0.0299. The summed E-state index contributed by atoms with van der Waals surface area (Å²) in [6, 6.07) is 2.67. The third-order valence-corrected chi connectivity index (χ3v) is 2.60. The summed E-state index contributed by atoms with van der Waals surface area (Å²) in [5.74, 6) is 3.72. The summed E-state index contributed by atoms with van der Waals surface area (Å²) in [4.78, 5) is 4.72. The molecule has 1 aromatic carbocycles. The van der Waals surface area contributed by atoms with Crippen molar-refractivity contribution in [1.29, 1.82) is 0 Å². The summed E-state index contributed by atoms with van der Waals surface area (Å²) in [7, 11) is 0. The molecule has 1 rings (SSSR count). The van der Waals surface area contributed by atoms with Crippen molar-refractivity contribution < 1.29 is 13.6 Å². The average molecular weight is 219 g/mol. The minimum atomic E-state index is -0.558. The molecular weight excluding hydrogens is 208 g/mol. The van der Waals surface area contributed by atoms with E-state index in [4.69, 9.17) is 5.90 Å². The van der Waals surface area contributed by atoms with E-state index < -0.39 is 11.6 Å². The molecule has 0 unspecified atom stereocenters. The Kier molecular flexibility index (Phi) is 4.31. The van der Waals surface area contributed by atoms with Gasteiger partial charge in [-0.25, -0.2) is 14.7 Å². The molecule has 2 nitrogen and oxygen atoms in total. The molecule has 0 aromatic heterocycles. The van der Waals surface area contributed by atoms with Crippen molar-refractivity contribution in [2.45, 2.75) is 11.3 Å². The summed E-state index contributed by atoms with van der Waals surface area (Å²) in [6.45, 7) is 0.103. The predicted molar refractivity (Wildman–Crippen MR) is 52.0 cm³/mol. The summed E-state index contributed by atoms with van der Waals surface area (Å²) in [5.41, 5.74) is 0.0299. The first-order valence-electron chi connectivity index (χ1n) is 4.03. The third-order valence-electron chi connectivity index (χ3n) is 1.84. The molecule has 0 heterocycles. The van der Waals surface area contributed by atoms with Gasteiger partial charge in [0.05, 0.1) is 6.61 Å². The van der Waals surface area contributed by atoms with Crippen LogP contribution in [0.4, 0.5) is 8.78 Å². The van der Waals surface area contributed by atoms with Gasteiger partial charge in [-0.15, -0.1) is 11.8 Å². The third kappa shape index (κ3) is 2.43. The van der Waals surface area contributed by atoms with E-state index in [0.29, 0.717) is 4.90 Å². The molecule has 0 fully saturated rings. The first kappa shape index (κ1) is 11.4. The molecule has 0 aliphatic carbocycles. The van der Waals surface area contributed by atoms with Crippen LogP contribution in [-0.4, -0.2) is 12.9 Å². The monoisotopic (exact) mass is 219 g/mol. The van der Waals surface area contributed by atoms with Crippen LogP contribution in [-0.2, 0) is 11.3 Å². The second-order valence-electron chi connectivity index (χ2n) is 2.66. The van der Waals surface area contributed by atoms with E-state index in [-0.39, 0.29) is 18.6 Å². The number of benzene rings is 1. The van der Waals surface area contributed by atoms with Gasteiger partial charge in [0.15, 0.2) is 0 Å². The van der Waals surface area contributed by atoms with Crippen molar-refractivity contribution >= 4 is 11.8 Å². The molecule has 0 spiro atoms. The molecule has 0 saturated carbocycles. The van der Waals surface area contributed by atoms with Crippen molar-refractivity contribution in [1.82, 2.24) is 0 Å². The van der Waals surface area contributed by atoms with Crippen LogP contribution in [0.1, 0.15) is 5.56 Å². The lowest BCUT2D eigenvalue weighted by molar-refractivity contribution is 0.140. The molecule has 0 radical (unpaired) electrons. The van der Waals surface area contributed by atoms with Crippen LogP contribution in [0.3, 0.4) is 0 Å². The van der Waals surface area contributed by atoms with E-state index >= 15 is 0 Å². The standard InChI is InChI=1S/C9H11F2NOS/c1-14-8-3-2-7(10)6(9(8)11)4-5-13-12/h2-3H,4-5,12H2,1H3. The number of thioether (sulfide) groups is 1. The Labute approximate surface area is 85.4 Å². The molecule has 2 N–H and O–H groups in total. The van der Waals surface area contributed by atoms with Gasteiger partial charge in [-0.1, -0.05) is 0 Å². The van der Waals surface area contributed by atoms with Gasteiger partial charge in [-0.2, -0.15) is 0 Å². The minimum Gasteiger partial charge on any atom is -0.304 e. The van der Waals surface area contributed by atoms with Gasteiger partial charge in [0.2, 0.25) is 0 Å². The van der Waals surface area contributed by atoms with Crippen molar-refractivity contribution in [3.05, 3.63) is 29.3 Å². The zero-order chi connectivity index (χ0) is 10.6. The zero-order valence-electron chi connectivity index (χ0n) is 7.72. The Morgan fingerprint density at radius 3 is 2.71 bits per heavy atom. The highest BCUT2D eigenvalue weighted by atomic mass is 32.2. The molecule has 0 bridgehead atoms. The lowest BCUT2D eigenvalue weighted by Crippen LogP contribution is -2.07. The Balaban J connectivity index is 2.99. The van der Waals surface area contributed by atoms with Gasteiger partial charge >= 0.3 is 0 Å². The molecule has 1 aromatic rings. The topological polar surface area (TPSA) is 35.2 Å². The van der Waals surface area contributed by atoms with Gasteiger partial charge in [0.1, 0.15) is 11.6 Å². The average Bonchev–Trinajstić information content (AvgIpc) is 2.18. The lowest BCUT2D eigenvalue weighted by atomic mass is 10.1. The fourth-order valence-electron chi connectivity index (χ4n) is 1.12. The van der Waals surface area contributed by atoms with Gasteiger partial charge in [0, 0.05) is 16.9 Å². The summed E-state index contributed by atoms with van der Waals surface area (Å²) < 4.78 is 26.6. The number of nitrogens with two attached hydrogens (primary N) is 1. The van der Waals surface area contributed by atoms with Crippen LogP contribution in [0, 0.1) is 11.6 Å². The van der Waals surface area contributed by atoms with Crippen molar-refractivity contribution in [3.63, 3.8) is 0 Å². The predicted octanol–water partition coefficient (Wildman–Crippen LogP) is 2.12. The fraction of sp³-hybridized carbons (Fsp3) is 0.333. The molecule has 0 aliphatic rings. The molecule has 14 heavy (non-hydrogen) atoms. The summed E-state index contributed by atoms with van der Waals surface area (Å²) in [5, 5.41) is 0. The summed E-state index contributed by atoms with van der Waals surface area (Å²) in [6.07, 6.45) is 1.88. The largest absolute Gasteiger partial charge is 0.304 e. The number of hydrogen-bond acceptors (Lipinski definition) is 3. The van der Waals surface area contributed by atoms with E-state index in [9.17, 15) is 8.78 Å². The highest BCUT2D eigenvalue weighted by molar-refractivity contribution is 7.98. The molecule has 0 aliphatic heterocycles. The Hall–Kier alpha value is -0.650. The molecule has 5 heteroatoms. The van der Waals surface area contributed by atoms with E-state index in [1.54, 1.807) is 6.26 Å². The number of hydrogen-bond donors (Lipinski definition) is 1. The van der Waals surface area contributed by atoms with Crippen LogP contribution < -0.4 is 5.90 Å². The first-order chi connectivity index (χ1) is 6.70. The Morgan fingerprint density at radius 2 is 2.14 bits per heavy atom. The highest BCUT2D eigenvalue weighted by Crippen LogP contribution is 2.24. The van der Waals surface area contributed by atoms with Gasteiger partial charge in [-0.05, 0) is 18.4 Å². The van der Waals surface area contributed by atoms with Gasteiger partial charge in [0.25, 0.3) is 0 Å². The summed E-state index contributed by atoms with van der Waals surface area (Å²) >= 11 is 1.24. The number of rotatable bonds is 4. The lowest BCUT2D eigenvalue weighted by Gasteiger charge is -2.07. The molecule has 78 valence electrons. The molecule has 0 saturated heterocycles. The van der Waals surface area contributed by atoms with Gasteiger partial charge in [-0.3, -0.25) is 0 Å². The smallest absolute Gasteiger partial charge is 0.142 e. The van der Waals surface area contributed by atoms with Crippen molar-refractivity contribution in [2.24, 2.45) is 5.90 Å². The fourth-order valence-corrected chi connectivity index (χ4v) is 1.63. The zero-order valence-corrected chi connectivity index (χ0v) is 8.54. The van der Waals surface area contributed by atoms with Crippen molar-refractivity contribution in [3.8, 4) is 0 Å². The van der Waals surface area contributed by atoms with Gasteiger partial charge < -0.3 is 4.84 Å². The second-order valence-corrected chi connectivity index (χ2v) is 3.51. The SMILES string of the molecule is CSc1ccc(F)c(CCON)c1F. The number of halogens is 2. The van der Waals surface area contributed by atoms with Crippen LogP contribution in [0.5, 0.6) is 0 Å². The van der Waals surface area contributed by atoms with E-state index in [1.807, 2.05) is 0 Å². The van der Waals surface area contributed by atoms with E-state index in [1.165, 1.54) is 23.9 Å². The van der Waals surface area contributed by atoms with Crippen LogP contribution in [0.25, 0.3) is 0 Å². The van der Waals surface area contributed by atoms with Crippen LogP contribution in [0.15, 0.2) is 17.0 Å². The molecule has 0 amide bonds. The quantitative estimate of drug-likeness (QED) is 0.622. The maximum absolute atomic E-state index is 13.5. The molecule has 0 atom stereocenters. The van der Waals surface area contributed by atoms with Crippen molar-refractivity contribution in [2.75, 3.05) is 12.9 Å². The Bertz CT molecular complexity index is 320. The second kappa shape index (κ2) is 5.29. The van der Waals surface area contributed by atoms with E-state index in [2.05, 4.69) is 4.84 Å². The van der Waals surface area contributed by atoms with E-state index in [0.717, 1.165) is 0 Å². The normalized spacial score (nSPS) is 10.6. The maximum Gasteiger partial charge on any atom is 0.142 e. The first-order valence-corrected chi connectivity index (χ1v) is 5.25. The van der Waals surface area contributed by atoms with Crippen LogP contribution >= 0.6 is 11.8 Å². The highest BCUT2D eigenvalue weighted by Gasteiger charge is 2.12. The van der Waals surface area contributed by atoms with Crippen LogP contribution in [0.2, 0.25) is 0 Å². The molecular formula is C9H11F2NOS. The maximum atomic E-state index is 13.5.